The highest BCUT2D eigenvalue weighted by atomic mass is 16.5. The van der Waals surface area contributed by atoms with Crippen LogP contribution in [0.2, 0.25) is 0 Å². The normalized spacial score (nSPS) is 10.6. The van der Waals surface area contributed by atoms with E-state index in [1.165, 1.54) is 16.9 Å². The number of nitrogens with two attached hydrogens (primary N) is 1. The summed E-state index contributed by atoms with van der Waals surface area (Å²) < 4.78 is 8.24. The van der Waals surface area contributed by atoms with E-state index in [1.807, 2.05) is 19.3 Å². The molecule has 0 spiro atoms. The summed E-state index contributed by atoms with van der Waals surface area (Å²) in [6.45, 7) is 1.11. The fourth-order valence-electron chi connectivity index (χ4n) is 1.49. The van der Waals surface area contributed by atoms with E-state index in [0.29, 0.717) is 25.4 Å². The van der Waals surface area contributed by atoms with Crippen LogP contribution in [0.25, 0.3) is 0 Å². The summed E-state index contributed by atoms with van der Waals surface area (Å²) in [7, 11) is 1.82. The summed E-state index contributed by atoms with van der Waals surface area (Å²) in [4.78, 5) is 11.8. The third-order valence-corrected chi connectivity index (χ3v) is 2.31. The van der Waals surface area contributed by atoms with Crippen molar-refractivity contribution in [2.75, 3.05) is 13.2 Å². The molecule has 0 saturated carbocycles. The molecule has 2 N–H and O–H groups in total. The Labute approximate surface area is 104 Å². The minimum Gasteiger partial charge on any atom is -0.490 e. The van der Waals surface area contributed by atoms with Crippen molar-refractivity contribution in [1.29, 1.82) is 0 Å². The molecule has 7 nitrogen and oxygen atoms in total. The first-order chi connectivity index (χ1) is 8.69. The summed E-state index contributed by atoms with van der Waals surface area (Å²) in [5.41, 5.74) is 5.86. The van der Waals surface area contributed by atoms with Gasteiger partial charge in [0.25, 0.3) is 5.56 Å². The third kappa shape index (κ3) is 2.95. The second-order valence-electron chi connectivity index (χ2n) is 3.81. The number of aromatic nitrogens is 4. The molecule has 0 unspecified atom stereocenters. The van der Waals surface area contributed by atoms with Crippen molar-refractivity contribution in [3.8, 4) is 5.75 Å². The average molecular weight is 249 g/mol. The van der Waals surface area contributed by atoms with Crippen LogP contribution in [0.1, 0.15) is 5.69 Å². The molecule has 2 aromatic heterocycles. The van der Waals surface area contributed by atoms with Crippen LogP contribution >= 0.6 is 0 Å². The van der Waals surface area contributed by atoms with Crippen molar-refractivity contribution < 1.29 is 4.74 Å². The maximum atomic E-state index is 11.8. The van der Waals surface area contributed by atoms with E-state index < -0.39 is 0 Å². The molecule has 0 aliphatic carbocycles. The highest BCUT2D eigenvalue weighted by Crippen LogP contribution is 2.03. The Bertz CT molecular complexity index is 575. The van der Waals surface area contributed by atoms with Crippen LogP contribution in [-0.2, 0) is 13.6 Å². The summed E-state index contributed by atoms with van der Waals surface area (Å²) >= 11 is 0. The number of hydrogen-bond donors (Lipinski definition) is 1. The number of aryl methyl sites for hydroxylation is 1. The summed E-state index contributed by atoms with van der Waals surface area (Å²) in [5, 5.41) is 8.21. The van der Waals surface area contributed by atoms with Crippen LogP contribution in [0.4, 0.5) is 0 Å². The van der Waals surface area contributed by atoms with Gasteiger partial charge in [-0.15, -0.1) is 0 Å². The van der Waals surface area contributed by atoms with Crippen molar-refractivity contribution in [3.63, 3.8) is 0 Å². The first-order valence-electron chi connectivity index (χ1n) is 5.57. The molecule has 18 heavy (non-hydrogen) atoms. The van der Waals surface area contributed by atoms with Crippen LogP contribution in [0.15, 0.2) is 29.3 Å². The molecule has 0 aliphatic heterocycles. The van der Waals surface area contributed by atoms with Crippen molar-refractivity contribution in [2.24, 2.45) is 12.8 Å². The van der Waals surface area contributed by atoms with Gasteiger partial charge < -0.3 is 10.5 Å². The maximum Gasteiger partial charge on any atom is 0.270 e. The molecule has 96 valence electrons. The minimum atomic E-state index is -0.227. The van der Waals surface area contributed by atoms with Gasteiger partial charge in [-0.25, -0.2) is 4.68 Å². The Morgan fingerprint density at radius 3 is 2.94 bits per heavy atom. The van der Waals surface area contributed by atoms with Gasteiger partial charge in [0.1, 0.15) is 12.4 Å². The van der Waals surface area contributed by atoms with Crippen LogP contribution in [0.3, 0.4) is 0 Å². The van der Waals surface area contributed by atoms with E-state index in [2.05, 4.69) is 10.2 Å². The van der Waals surface area contributed by atoms with Crippen molar-refractivity contribution >= 4 is 0 Å². The summed E-state index contributed by atoms with van der Waals surface area (Å²) in [5.74, 6) is 0.433. The zero-order valence-electron chi connectivity index (χ0n) is 10.1. The maximum absolute atomic E-state index is 11.8. The molecule has 0 amide bonds. The van der Waals surface area contributed by atoms with E-state index in [0.717, 1.165) is 5.69 Å². The summed E-state index contributed by atoms with van der Waals surface area (Å²) in [6.07, 6.45) is 3.32. The Hall–Kier alpha value is -2.15. The third-order valence-electron chi connectivity index (χ3n) is 2.31. The number of hydrogen-bond acceptors (Lipinski definition) is 5. The lowest BCUT2D eigenvalue weighted by Gasteiger charge is -2.05. The molecular formula is C11H15N5O2. The van der Waals surface area contributed by atoms with Crippen molar-refractivity contribution in [1.82, 2.24) is 19.6 Å². The van der Waals surface area contributed by atoms with Gasteiger partial charge in [-0.05, 0) is 6.07 Å². The first-order valence-corrected chi connectivity index (χ1v) is 5.57. The number of nitrogens with zero attached hydrogens (tertiary/aromatic N) is 4. The topological polar surface area (TPSA) is 88.0 Å². The van der Waals surface area contributed by atoms with Gasteiger partial charge in [0.2, 0.25) is 0 Å². The van der Waals surface area contributed by atoms with Crippen LogP contribution in [-0.4, -0.2) is 32.7 Å². The zero-order chi connectivity index (χ0) is 13.0. The molecule has 0 atom stereocenters. The molecule has 0 radical (unpaired) electrons. The summed E-state index contributed by atoms with van der Waals surface area (Å²) in [6, 6.07) is 3.23. The minimum absolute atomic E-state index is 0.227. The van der Waals surface area contributed by atoms with Gasteiger partial charge in [-0.2, -0.15) is 10.2 Å². The number of ether oxygens (including phenoxy) is 1. The van der Waals surface area contributed by atoms with Gasteiger partial charge in [-0.3, -0.25) is 9.48 Å². The molecule has 0 aliphatic rings. The lowest BCUT2D eigenvalue weighted by atomic mass is 10.4. The smallest absolute Gasteiger partial charge is 0.270 e. The standard InChI is InChI=1S/C11H15N5O2/c1-15-4-2-9(14-15)8-16-11(17)6-10(7-13-16)18-5-3-12/h2,4,6-7H,3,5,8,12H2,1H3. The van der Waals surface area contributed by atoms with E-state index >= 15 is 0 Å². The van der Waals surface area contributed by atoms with Crippen molar-refractivity contribution in [2.45, 2.75) is 6.54 Å². The average Bonchev–Trinajstić information content (AvgIpc) is 2.75. The van der Waals surface area contributed by atoms with Crippen LogP contribution in [0.5, 0.6) is 5.75 Å². The van der Waals surface area contributed by atoms with Gasteiger partial charge in [0, 0.05) is 25.9 Å². The van der Waals surface area contributed by atoms with Crippen LogP contribution in [0, 0.1) is 0 Å². The lowest BCUT2D eigenvalue weighted by molar-refractivity contribution is 0.324. The molecule has 2 aromatic rings. The fourth-order valence-corrected chi connectivity index (χ4v) is 1.49. The molecule has 0 aromatic carbocycles. The van der Waals surface area contributed by atoms with Gasteiger partial charge in [0.15, 0.2) is 0 Å². The SMILES string of the molecule is Cn1ccc(Cn2ncc(OCCN)cc2=O)n1. The fraction of sp³-hybridized carbons (Fsp3) is 0.364. The second kappa shape index (κ2) is 5.46. The monoisotopic (exact) mass is 249 g/mol. The van der Waals surface area contributed by atoms with E-state index in [9.17, 15) is 4.79 Å². The van der Waals surface area contributed by atoms with Gasteiger partial charge in [0.05, 0.1) is 18.4 Å². The van der Waals surface area contributed by atoms with Crippen LogP contribution < -0.4 is 16.0 Å². The molecule has 0 saturated heterocycles. The Morgan fingerprint density at radius 1 is 1.50 bits per heavy atom. The molecule has 0 fully saturated rings. The zero-order valence-corrected chi connectivity index (χ0v) is 10.1. The van der Waals surface area contributed by atoms with E-state index in [4.69, 9.17) is 10.5 Å². The molecule has 0 bridgehead atoms. The number of rotatable bonds is 5. The Morgan fingerprint density at radius 2 is 2.33 bits per heavy atom. The predicted molar refractivity (Wildman–Crippen MR) is 65.4 cm³/mol. The molecular weight excluding hydrogens is 234 g/mol. The highest BCUT2D eigenvalue weighted by molar-refractivity contribution is 5.14. The molecule has 2 heterocycles. The predicted octanol–water partition coefficient (Wildman–Crippen LogP) is -0.637. The quantitative estimate of drug-likeness (QED) is 0.761. The van der Waals surface area contributed by atoms with E-state index in [1.54, 1.807) is 4.68 Å². The Balaban J connectivity index is 2.12. The first kappa shape index (κ1) is 12.3. The van der Waals surface area contributed by atoms with E-state index in [-0.39, 0.29) is 5.56 Å². The van der Waals surface area contributed by atoms with Gasteiger partial charge in [-0.1, -0.05) is 0 Å². The Kier molecular flexibility index (Phi) is 3.73. The van der Waals surface area contributed by atoms with Gasteiger partial charge >= 0.3 is 0 Å². The highest BCUT2D eigenvalue weighted by Gasteiger charge is 2.04. The lowest BCUT2D eigenvalue weighted by Crippen LogP contribution is -2.23. The second-order valence-corrected chi connectivity index (χ2v) is 3.81. The molecule has 7 heteroatoms. The van der Waals surface area contributed by atoms with Crippen molar-refractivity contribution in [3.05, 3.63) is 40.6 Å². The largest absolute Gasteiger partial charge is 0.490 e. The molecule has 2 rings (SSSR count).